The van der Waals surface area contributed by atoms with Crippen molar-refractivity contribution in [1.29, 1.82) is 0 Å². The van der Waals surface area contributed by atoms with Gasteiger partial charge in [-0.25, -0.2) is 4.79 Å². The van der Waals surface area contributed by atoms with Crippen molar-refractivity contribution in [1.82, 2.24) is 5.32 Å². The van der Waals surface area contributed by atoms with Crippen molar-refractivity contribution >= 4 is 5.97 Å². The Bertz CT molecular complexity index is 884. The van der Waals surface area contributed by atoms with Gasteiger partial charge in [0.2, 0.25) is 0 Å². The first-order valence-electron chi connectivity index (χ1n) is 9.89. The molecule has 2 N–H and O–H groups in total. The van der Waals surface area contributed by atoms with Crippen LogP contribution in [-0.2, 0) is 22.5 Å². The molecular formula is C25H27NO3. The second-order valence-corrected chi connectivity index (χ2v) is 7.02. The van der Waals surface area contributed by atoms with Crippen LogP contribution < -0.4 is 5.32 Å². The SMILES string of the molecule is CCOC(=O)C(O)(Cc1ccccc1)C(NCc1ccccc1)c1ccccc1. The Morgan fingerprint density at radius 2 is 1.41 bits per heavy atom. The van der Waals surface area contributed by atoms with Crippen molar-refractivity contribution < 1.29 is 14.6 Å². The van der Waals surface area contributed by atoms with Crippen molar-refractivity contribution in [2.24, 2.45) is 0 Å². The number of nitrogens with one attached hydrogen (secondary N) is 1. The summed E-state index contributed by atoms with van der Waals surface area (Å²) in [5.74, 6) is -0.627. The van der Waals surface area contributed by atoms with Crippen LogP contribution in [0.5, 0.6) is 0 Å². The van der Waals surface area contributed by atoms with E-state index >= 15 is 0 Å². The molecular weight excluding hydrogens is 362 g/mol. The molecule has 0 aromatic heterocycles. The van der Waals surface area contributed by atoms with E-state index in [1.807, 2.05) is 91.0 Å². The Hall–Kier alpha value is -2.95. The van der Waals surface area contributed by atoms with Crippen LogP contribution in [0.2, 0.25) is 0 Å². The maximum atomic E-state index is 13.0. The fraction of sp³-hybridized carbons (Fsp3) is 0.240. The molecule has 2 atom stereocenters. The van der Waals surface area contributed by atoms with Crippen LogP contribution in [0, 0.1) is 0 Å². The highest BCUT2D eigenvalue weighted by atomic mass is 16.5. The zero-order valence-electron chi connectivity index (χ0n) is 16.6. The molecule has 0 heterocycles. The molecule has 0 saturated carbocycles. The van der Waals surface area contributed by atoms with Gasteiger partial charge in [-0.1, -0.05) is 91.0 Å². The third-order valence-electron chi connectivity index (χ3n) is 4.91. The molecule has 3 aromatic carbocycles. The zero-order valence-corrected chi connectivity index (χ0v) is 16.6. The van der Waals surface area contributed by atoms with Gasteiger partial charge in [0.15, 0.2) is 5.60 Å². The van der Waals surface area contributed by atoms with E-state index < -0.39 is 17.6 Å². The van der Waals surface area contributed by atoms with E-state index in [2.05, 4.69) is 5.32 Å². The Morgan fingerprint density at radius 3 is 1.97 bits per heavy atom. The summed E-state index contributed by atoms with van der Waals surface area (Å²) in [6.45, 7) is 2.46. The van der Waals surface area contributed by atoms with Gasteiger partial charge in [-0.15, -0.1) is 0 Å². The standard InChI is InChI=1S/C25H27NO3/c1-2-29-24(27)25(28,18-20-12-6-3-7-13-20)23(22-16-10-5-11-17-22)26-19-21-14-8-4-9-15-21/h3-17,23,26,28H,2,18-19H2,1H3. The highest BCUT2D eigenvalue weighted by Crippen LogP contribution is 2.31. The molecule has 150 valence electrons. The fourth-order valence-corrected chi connectivity index (χ4v) is 3.48. The first-order chi connectivity index (χ1) is 14.1. The molecule has 2 unspecified atom stereocenters. The van der Waals surface area contributed by atoms with Gasteiger partial charge in [-0.2, -0.15) is 0 Å². The largest absolute Gasteiger partial charge is 0.464 e. The van der Waals surface area contributed by atoms with Crippen LogP contribution in [0.4, 0.5) is 0 Å². The molecule has 0 radical (unpaired) electrons. The monoisotopic (exact) mass is 389 g/mol. The third kappa shape index (κ3) is 5.31. The van der Waals surface area contributed by atoms with E-state index in [1.54, 1.807) is 6.92 Å². The summed E-state index contributed by atoms with van der Waals surface area (Å²) in [5.41, 5.74) is 1.01. The summed E-state index contributed by atoms with van der Waals surface area (Å²) in [6, 6.07) is 28.4. The van der Waals surface area contributed by atoms with Gasteiger partial charge in [0.05, 0.1) is 12.6 Å². The molecule has 0 aliphatic rings. The summed E-state index contributed by atoms with van der Waals surface area (Å²) in [6.07, 6.45) is 0.147. The molecule has 0 spiro atoms. The number of aliphatic hydroxyl groups is 1. The Balaban J connectivity index is 1.97. The Morgan fingerprint density at radius 1 is 0.897 bits per heavy atom. The van der Waals surface area contributed by atoms with Crippen LogP contribution in [0.25, 0.3) is 0 Å². The second-order valence-electron chi connectivity index (χ2n) is 7.02. The number of rotatable bonds is 9. The maximum absolute atomic E-state index is 13.0. The summed E-state index contributed by atoms with van der Waals surface area (Å²) in [7, 11) is 0. The van der Waals surface area contributed by atoms with Gasteiger partial charge >= 0.3 is 5.97 Å². The zero-order chi connectivity index (χ0) is 20.5. The maximum Gasteiger partial charge on any atom is 0.340 e. The smallest absolute Gasteiger partial charge is 0.340 e. The summed E-state index contributed by atoms with van der Waals surface area (Å²) in [4.78, 5) is 13.0. The molecule has 0 fully saturated rings. The van der Waals surface area contributed by atoms with Crippen molar-refractivity contribution in [3.05, 3.63) is 108 Å². The van der Waals surface area contributed by atoms with Crippen molar-refractivity contribution in [3.63, 3.8) is 0 Å². The van der Waals surface area contributed by atoms with E-state index in [0.29, 0.717) is 6.54 Å². The lowest BCUT2D eigenvalue weighted by molar-refractivity contribution is -0.169. The molecule has 3 rings (SSSR count). The Kier molecular flexibility index (Phi) is 7.17. The lowest BCUT2D eigenvalue weighted by atomic mass is 9.83. The molecule has 0 aliphatic carbocycles. The summed E-state index contributed by atoms with van der Waals surface area (Å²) >= 11 is 0. The lowest BCUT2D eigenvalue weighted by Gasteiger charge is -2.35. The number of esters is 1. The van der Waals surface area contributed by atoms with Gasteiger partial charge < -0.3 is 15.2 Å². The second kappa shape index (κ2) is 10.0. The van der Waals surface area contributed by atoms with Gasteiger partial charge in [0.1, 0.15) is 0 Å². The number of carbonyl (C=O) groups excluding carboxylic acids is 1. The van der Waals surface area contributed by atoms with Crippen LogP contribution in [0.3, 0.4) is 0 Å². The molecule has 0 amide bonds. The van der Waals surface area contributed by atoms with Crippen molar-refractivity contribution in [3.8, 4) is 0 Å². The van der Waals surface area contributed by atoms with Crippen LogP contribution in [0.15, 0.2) is 91.0 Å². The number of carbonyl (C=O) groups is 1. The normalized spacial score (nSPS) is 14.0. The molecule has 4 heteroatoms. The van der Waals surface area contributed by atoms with Crippen LogP contribution in [0.1, 0.15) is 29.7 Å². The van der Waals surface area contributed by atoms with Crippen LogP contribution in [-0.4, -0.2) is 23.3 Å². The van der Waals surface area contributed by atoms with E-state index in [1.165, 1.54) is 0 Å². The average Bonchev–Trinajstić information content (AvgIpc) is 2.76. The van der Waals surface area contributed by atoms with Crippen LogP contribution >= 0.6 is 0 Å². The van der Waals surface area contributed by atoms with E-state index in [9.17, 15) is 9.90 Å². The fourth-order valence-electron chi connectivity index (χ4n) is 3.48. The van der Waals surface area contributed by atoms with Gasteiger partial charge in [0.25, 0.3) is 0 Å². The predicted octanol–water partition coefficient (Wildman–Crippen LogP) is 4.05. The summed E-state index contributed by atoms with van der Waals surface area (Å²) in [5, 5.41) is 15.1. The summed E-state index contributed by atoms with van der Waals surface area (Å²) < 4.78 is 5.30. The molecule has 0 bridgehead atoms. The van der Waals surface area contributed by atoms with E-state index in [-0.39, 0.29) is 13.0 Å². The van der Waals surface area contributed by atoms with Gasteiger partial charge in [-0.05, 0) is 23.6 Å². The topological polar surface area (TPSA) is 58.6 Å². The van der Waals surface area contributed by atoms with Gasteiger partial charge in [0, 0.05) is 13.0 Å². The first-order valence-corrected chi connectivity index (χ1v) is 9.89. The average molecular weight is 389 g/mol. The minimum atomic E-state index is -1.76. The van der Waals surface area contributed by atoms with E-state index in [0.717, 1.165) is 16.7 Å². The number of benzene rings is 3. The number of ether oxygens (including phenoxy) is 1. The minimum Gasteiger partial charge on any atom is -0.464 e. The highest BCUT2D eigenvalue weighted by molar-refractivity contribution is 5.81. The molecule has 3 aromatic rings. The van der Waals surface area contributed by atoms with E-state index in [4.69, 9.17) is 4.74 Å². The lowest BCUT2D eigenvalue weighted by Crippen LogP contribution is -2.52. The molecule has 4 nitrogen and oxygen atoms in total. The number of hydrogen-bond acceptors (Lipinski definition) is 4. The van der Waals surface area contributed by atoms with Gasteiger partial charge in [-0.3, -0.25) is 0 Å². The highest BCUT2D eigenvalue weighted by Gasteiger charge is 2.46. The molecule has 0 saturated heterocycles. The number of hydrogen-bond donors (Lipinski definition) is 2. The molecule has 0 aliphatic heterocycles. The van der Waals surface area contributed by atoms with Crippen molar-refractivity contribution in [2.45, 2.75) is 31.5 Å². The van der Waals surface area contributed by atoms with Crippen molar-refractivity contribution in [2.75, 3.05) is 6.61 Å². The molecule has 29 heavy (non-hydrogen) atoms. The first kappa shape index (κ1) is 20.8. The minimum absolute atomic E-state index is 0.147. The Labute approximate surface area is 172 Å². The third-order valence-corrected chi connectivity index (χ3v) is 4.91. The quantitative estimate of drug-likeness (QED) is 0.542. The predicted molar refractivity (Wildman–Crippen MR) is 114 cm³/mol.